The third-order valence-electron chi connectivity index (χ3n) is 8.53. The zero-order valence-electron chi connectivity index (χ0n) is 24.3. The van der Waals surface area contributed by atoms with E-state index in [-0.39, 0.29) is 12.0 Å². The molecule has 0 aliphatic carbocycles. The number of aryl methyl sites for hydroxylation is 2. The summed E-state index contributed by atoms with van der Waals surface area (Å²) in [5, 5.41) is 9.52. The van der Waals surface area contributed by atoms with Gasteiger partial charge in [-0.15, -0.1) is 0 Å². The number of nitrogens with one attached hydrogen (secondary N) is 2. The second-order valence-corrected chi connectivity index (χ2v) is 11.3. The highest BCUT2D eigenvalue weighted by Crippen LogP contribution is 2.42. The normalized spacial score (nSPS) is 17.8. The minimum atomic E-state index is -0.303. The first-order valence-electron chi connectivity index (χ1n) is 14.4. The first-order chi connectivity index (χ1) is 20.4. The minimum Gasteiger partial charge on any atom is -0.496 e. The molecule has 1 unspecified atom stereocenters. The molecule has 0 bridgehead atoms. The number of H-pyrrole nitrogens is 1. The van der Waals surface area contributed by atoms with E-state index in [1.54, 1.807) is 25.4 Å². The van der Waals surface area contributed by atoms with Crippen molar-refractivity contribution in [1.29, 1.82) is 0 Å². The first-order valence-corrected chi connectivity index (χ1v) is 14.4. The van der Waals surface area contributed by atoms with Crippen LogP contribution in [-0.2, 0) is 0 Å². The number of benzene rings is 2. The van der Waals surface area contributed by atoms with E-state index in [9.17, 15) is 4.39 Å². The number of likely N-dealkylation sites (N-methyl/N-ethyl adjacent to an activating group) is 1. The minimum absolute atomic E-state index is 0.152. The lowest BCUT2D eigenvalue weighted by Gasteiger charge is -2.33. The molecule has 3 aromatic heterocycles. The van der Waals surface area contributed by atoms with Crippen molar-refractivity contribution in [1.82, 2.24) is 24.9 Å². The van der Waals surface area contributed by atoms with Crippen molar-refractivity contribution < 1.29 is 13.7 Å². The first kappa shape index (κ1) is 26.6. The van der Waals surface area contributed by atoms with Gasteiger partial charge in [-0.3, -0.25) is 9.98 Å². The van der Waals surface area contributed by atoms with Crippen LogP contribution in [-0.4, -0.2) is 83.7 Å². The smallest absolute Gasteiger partial charge is 0.141 e. The number of nitrogens with zero attached hydrogens (tertiary/aromatic N) is 5. The van der Waals surface area contributed by atoms with Crippen LogP contribution >= 0.6 is 0 Å². The fourth-order valence-corrected chi connectivity index (χ4v) is 6.27. The van der Waals surface area contributed by atoms with Crippen LogP contribution in [0.2, 0.25) is 0 Å². The number of methoxy groups -OCH3 is 1. The fraction of sp³-hybridized carbons (Fsp3) is 0.344. The summed E-state index contributed by atoms with van der Waals surface area (Å²) in [5.74, 6) is 2.03. The summed E-state index contributed by atoms with van der Waals surface area (Å²) < 4.78 is 25.9. The highest BCUT2D eigenvalue weighted by molar-refractivity contribution is 6.27. The molecule has 9 nitrogen and oxygen atoms in total. The average molecular weight is 568 g/mol. The van der Waals surface area contributed by atoms with Gasteiger partial charge in [0.25, 0.3) is 0 Å². The summed E-state index contributed by atoms with van der Waals surface area (Å²) in [7, 11) is 3.84. The summed E-state index contributed by atoms with van der Waals surface area (Å²) in [6.45, 7) is 9.02. The Balaban J connectivity index is 1.37. The molecule has 0 spiro atoms. The van der Waals surface area contributed by atoms with E-state index in [0.717, 1.165) is 106 Å². The van der Waals surface area contributed by atoms with Gasteiger partial charge in [0.2, 0.25) is 0 Å². The van der Waals surface area contributed by atoms with E-state index in [1.165, 1.54) is 6.07 Å². The van der Waals surface area contributed by atoms with E-state index < -0.39 is 0 Å². The molecule has 1 fully saturated rings. The van der Waals surface area contributed by atoms with Crippen LogP contribution in [0.1, 0.15) is 29.0 Å². The van der Waals surface area contributed by atoms with Gasteiger partial charge in [0.1, 0.15) is 29.3 Å². The number of pyridine rings is 1. The lowest BCUT2D eigenvalue weighted by Crippen LogP contribution is -2.45. The number of aliphatic imine (C=N–C) groups is 1. The van der Waals surface area contributed by atoms with E-state index in [0.29, 0.717) is 5.75 Å². The lowest BCUT2D eigenvalue weighted by atomic mass is 9.94. The maximum absolute atomic E-state index is 14.5. The Labute approximate surface area is 243 Å². The van der Waals surface area contributed by atoms with Crippen molar-refractivity contribution in [3.05, 3.63) is 71.0 Å². The molecule has 0 saturated carbocycles. The van der Waals surface area contributed by atoms with Crippen LogP contribution in [0.3, 0.4) is 0 Å². The van der Waals surface area contributed by atoms with Gasteiger partial charge < -0.3 is 29.4 Å². The molecule has 0 radical (unpaired) electrons. The van der Waals surface area contributed by atoms with E-state index in [4.69, 9.17) is 14.3 Å². The molecule has 5 heterocycles. The van der Waals surface area contributed by atoms with Crippen LogP contribution in [0, 0.1) is 19.7 Å². The summed E-state index contributed by atoms with van der Waals surface area (Å²) >= 11 is 0. The summed E-state index contributed by atoms with van der Waals surface area (Å²) in [6, 6.07) is 10.8. The largest absolute Gasteiger partial charge is 0.496 e. The maximum atomic E-state index is 14.5. The van der Waals surface area contributed by atoms with Crippen molar-refractivity contribution in [2.75, 3.05) is 52.2 Å². The summed E-state index contributed by atoms with van der Waals surface area (Å²) in [5.41, 5.74) is 6.87. The van der Waals surface area contributed by atoms with Gasteiger partial charge in [0.05, 0.1) is 35.2 Å². The molecule has 1 atom stereocenters. The number of hydrogen-bond acceptors (Lipinski definition) is 8. The van der Waals surface area contributed by atoms with Crippen LogP contribution in [0.4, 0.5) is 10.2 Å². The number of anilines is 1. The van der Waals surface area contributed by atoms with Crippen molar-refractivity contribution in [3.8, 4) is 16.9 Å². The maximum Gasteiger partial charge on any atom is 0.141 e. The average Bonchev–Trinajstić information content (AvgIpc) is 3.53. The Hall–Kier alpha value is -4.28. The van der Waals surface area contributed by atoms with Crippen LogP contribution in [0.15, 0.2) is 52.1 Å². The van der Waals surface area contributed by atoms with Crippen molar-refractivity contribution in [2.24, 2.45) is 4.99 Å². The number of hydrogen-bond donors (Lipinski definition) is 2. The van der Waals surface area contributed by atoms with Crippen LogP contribution in [0.25, 0.3) is 32.9 Å². The predicted molar refractivity (Wildman–Crippen MR) is 163 cm³/mol. The Morgan fingerprint density at radius 2 is 1.86 bits per heavy atom. The highest BCUT2D eigenvalue weighted by Gasteiger charge is 2.29. The summed E-state index contributed by atoms with van der Waals surface area (Å²) in [4.78, 5) is 18.3. The molecule has 42 heavy (non-hydrogen) atoms. The van der Waals surface area contributed by atoms with Crippen LogP contribution in [0.5, 0.6) is 5.75 Å². The molecule has 2 aliphatic rings. The van der Waals surface area contributed by atoms with Crippen LogP contribution < -0.4 is 10.1 Å². The monoisotopic (exact) mass is 567 g/mol. The number of aromatic amines is 1. The molecule has 5 aromatic rings. The van der Waals surface area contributed by atoms with E-state index >= 15 is 0 Å². The molecule has 2 aliphatic heterocycles. The zero-order valence-corrected chi connectivity index (χ0v) is 24.3. The van der Waals surface area contributed by atoms with Gasteiger partial charge >= 0.3 is 0 Å². The third-order valence-corrected chi connectivity index (χ3v) is 8.53. The fourth-order valence-electron chi connectivity index (χ4n) is 6.27. The van der Waals surface area contributed by atoms with Gasteiger partial charge in [-0.25, -0.2) is 4.39 Å². The van der Waals surface area contributed by atoms with Gasteiger partial charge in [-0.05, 0) is 57.3 Å². The Kier molecular flexibility index (Phi) is 6.67. The van der Waals surface area contributed by atoms with Gasteiger partial charge in [0, 0.05) is 72.8 Å². The van der Waals surface area contributed by atoms with Crippen molar-refractivity contribution in [2.45, 2.75) is 26.4 Å². The molecule has 1 saturated heterocycles. The molecule has 216 valence electrons. The molecule has 0 amide bonds. The molecular formula is C32H34FN7O2. The highest BCUT2D eigenvalue weighted by atomic mass is 19.1. The van der Waals surface area contributed by atoms with Gasteiger partial charge in [-0.1, -0.05) is 5.16 Å². The number of rotatable bonds is 6. The van der Waals surface area contributed by atoms with Gasteiger partial charge in [0.15, 0.2) is 0 Å². The second-order valence-electron chi connectivity index (χ2n) is 11.3. The van der Waals surface area contributed by atoms with Crippen molar-refractivity contribution in [3.63, 3.8) is 0 Å². The predicted octanol–water partition coefficient (Wildman–Crippen LogP) is 5.36. The van der Waals surface area contributed by atoms with Crippen molar-refractivity contribution >= 4 is 33.3 Å². The Morgan fingerprint density at radius 1 is 1.02 bits per heavy atom. The standard InChI is InChI=1S/C32H34FN7O2/c1-18-29(19(2)42-38-18)24-16-26-23(17-27(24)41-4)30-31(21-7-9-34-25-6-5-20(33)15-22(21)25)36-28(37-32(30)35-26)8-10-40-13-11-39(3)12-14-40/h5-7,9,15-17,28,35,37H,8,10-14H2,1-4H3. The lowest BCUT2D eigenvalue weighted by molar-refractivity contribution is 0.151. The summed E-state index contributed by atoms with van der Waals surface area (Å²) in [6.07, 6.45) is 2.46. The molecule has 10 heteroatoms. The number of piperazine rings is 1. The van der Waals surface area contributed by atoms with E-state index in [2.05, 4.69) is 43.4 Å². The van der Waals surface area contributed by atoms with E-state index in [1.807, 2.05) is 26.0 Å². The molecule has 2 N–H and O–H groups in total. The number of aromatic nitrogens is 3. The Bertz CT molecular complexity index is 1810. The quantitative estimate of drug-likeness (QED) is 0.285. The number of halogens is 1. The molecular weight excluding hydrogens is 533 g/mol. The zero-order chi connectivity index (χ0) is 29.0. The topological polar surface area (TPSA) is 94.8 Å². The van der Waals surface area contributed by atoms with Gasteiger partial charge in [-0.2, -0.15) is 0 Å². The third kappa shape index (κ3) is 4.60. The molecule has 2 aromatic carbocycles. The SMILES string of the molecule is COc1cc2c3c([nH]c2cc1-c1c(C)noc1C)NC(CCN1CCN(C)CC1)N=C3c1ccnc2ccc(F)cc12. The number of fused-ring (bicyclic) bond motifs is 4. The Morgan fingerprint density at radius 3 is 2.62 bits per heavy atom. The second kappa shape index (κ2) is 10.5. The molecule has 7 rings (SSSR count). The number of ether oxygens (including phenoxy) is 1.